The van der Waals surface area contributed by atoms with Crippen molar-refractivity contribution >= 4 is 17.3 Å². The van der Waals surface area contributed by atoms with Gasteiger partial charge in [0.1, 0.15) is 5.76 Å². The van der Waals surface area contributed by atoms with Gasteiger partial charge in [-0.25, -0.2) is 0 Å². The fourth-order valence-electron chi connectivity index (χ4n) is 1.79. The first-order chi connectivity index (χ1) is 8.22. The van der Waals surface area contributed by atoms with Gasteiger partial charge in [0.25, 0.3) is 0 Å². The normalized spacial score (nSPS) is 10.5. The maximum absolute atomic E-state index is 5.92. The summed E-state index contributed by atoms with van der Waals surface area (Å²) in [6, 6.07) is 3.93. The number of anilines is 1. The van der Waals surface area contributed by atoms with Gasteiger partial charge in [-0.1, -0.05) is 0 Å². The zero-order valence-corrected chi connectivity index (χ0v) is 10.7. The van der Waals surface area contributed by atoms with E-state index in [9.17, 15) is 0 Å². The van der Waals surface area contributed by atoms with E-state index >= 15 is 0 Å². The molecule has 0 saturated heterocycles. The minimum atomic E-state index is 0.493. The first-order valence-electron chi connectivity index (χ1n) is 5.45. The Balaban J connectivity index is 2.20. The van der Waals surface area contributed by atoms with Crippen molar-refractivity contribution in [2.45, 2.75) is 19.3 Å². The lowest BCUT2D eigenvalue weighted by Gasteiger charge is -2.21. The molecule has 0 unspecified atom stereocenters. The Bertz CT molecular complexity index is 496. The maximum Gasteiger partial charge on any atom is 0.105 e. The van der Waals surface area contributed by atoms with Crippen LogP contribution in [-0.2, 0) is 12.4 Å². The number of nitrogens with zero attached hydrogens (tertiary/aromatic N) is 2. The summed E-state index contributed by atoms with van der Waals surface area (Å²) in [7, 11) is 2.03. The third kappa shape index (κ3) is 2.61. The molecule has 0 N–H and O–H groups in total. The van der Waals surface area contributed by atoms with Crippen LogP contribution in [0.4, 0.5) is 5.69 Å². The summed E-state index contributed by atoms with van der Waals surface area (Å²) in [6.45, 7) is 2.76. The van der Waals surface area contributed by atoms with Crippen LogP contribution < -0.4 is 4.90 Å². The van der Waals surface area contributed by atoms with E-state index in [-0.39, 0.29) is 0 Å². The molecule has 3 nitrogen and oxygen atoms in total. The fourth-order valence-corrected chi connectivity index (χ4v) is 2.01. The number of furan rings is 1. The van der Waals surface area contributed by atoms with E-state index in [1.165, 1.54) is 5.56 Å². The van der Waals surface area contributed by atoms with Crippen LogP contribution in [0.15, 0.2) is 35.2 Å². The molecule has 0 atom stereocenters. The van der Waals surface area contributed by atoms with E-state index in [4.69, 9.17) is 16.0 Å². The lowest BCUT2D eigenvalue weighted by molar-refractivity contribution is 0.529. The molecule has 2 aromatic rings. The van der Waals surface area contributed by atoms with E-state index in [0.717, 1.165) is 23.6 Å². The molecule has 0 spiro atoms. The van der Waals surface area contributed by atoms with Crippen molar-refractivity contribution in [2.24, 2.45) is 0 Å². The second-order valence-corrected chi connectivity index (χ2v) is 4.26. The molecule has 90 valence electrons. The number of hydrogen-bond acceptors (Lipinski definition) is 3. The van der Waals surface area contributed by atoms with E-state index in [1.807, 2.05) is 32.3 Å². The highest BCUT2D eigenvalue weighted by atomic mass is 35.5. The molecule has 0 fully saturated rings. The molecule has 2 aromatic heterocycles. The van der Waals surface area contributed by atoms with Crippen LogP contribution in [-0.4, -0.2) is 12.0 Å². The molecule has 2 heterocycles. The second kappa shape index (κ2) is 5.23. The summed E-state index contributed by atoms with van der Waals surface area (Å²) >= 11 is 5.92. The van der Waals surface area contributed by atoms with Crippen LogP contribution in [0.5, 0.6) is 0 Å². The van der Waals surface area contributed by atoms with Gasteiger partial charge in [0.05, 0.1) is 18.1 Å². The molecular weight excluding hydrogens is 236 g/mol. The molecule has 0 saturated carbocycles. The average Bonchev–Trinajstić information content (AvgIpc) is 2.75. The SMILES string of the molecule is Cc1occc1CN(C)c1cnccc1CCl. The van der Waals surface area contributed by atoms with Crippen LogP contribution in [0.3, 0.4) is 0 Å². The molecule has 0 aliphatic heterocycles. The Morgan fingerprint density at radius 2 is 2.18 bits per heavy atom. The topological polar surface area (TPSA) is 29.3 Å². The molecule has 2 rings (SSSR count). The first kappa shape index (κ1) is 12.0. The van der Waals surface area contributed by atoms with Crippen molar-refractivity contribution < 1.29 is 4.42 Å². The summed E-state index contributed by atoms with van der Waals surface area (Å²) in [5.74, 6) is 1.44. The lowest BCUT2D eigenvalue weighted by Crippen LogP contribution is -2.18. The predicted octanol–water partition coefficient (Wildman–Crippen LogP) is 3.36. The van der Waals surface area contributed by atoms with Crippen molar-refractivity contribution in [3.63, 3.8) is 0 Å². The third-order valence-electron chi connectivity index (χ3n) is 2.82. The van der Waals surface area contributed by atoms with Crippen molar-refractivity contribution in [1.82, 2.24) is 4.98 Å². The summed E-state index contributed by atoms with van der Waals surface area (Å²) in [5, 5.41) is 0. The number of pyridine rings is 1. The summed E-state index contributed by atoms with van der Waals surface area (Å²) in [4.78, 5) is 6.27. The number of rotatable bonds is 4. The lowest BCUT2D eigenvalue weighted by atomic mass is 10.2. The number of aryl methyl sites for hydroxylation is 1. The van der Waals surface area contributed by atoms with Gasteiger partial charge in [0.15, 0.2) is 0 Å². The van der Waals surface area contributed by atoms with Gasteiger partial charge in [0, 0.05) is 31.2 Å². The van der Waals surface area contributed by atoms with Gasteiger partial charge in [-0.15, -0.1) is 11.6 Å². The Labute approximate surface area is 106 Å². The van der Waals surface area contributed by atoms with Crippen molar-refractivity contribution in [1.29, 1.82) is 0 Å². The Morgan fingerprint density at radius 1 is 1.35 bits per heavy atom. The summed E-state index contributed by atoms with van der Waals surface area (Å²) < 4.78 is 5.29. The second-order valence-electron chi connectivity index (χ2n) is 4.00. The third-order valence-corrected chi connectivity index (χ3v) is 3.10. The van der Waals surface area contributed by atoms with Gasteiger partial charge in [-0.05, 0) is 24.6 Å². The number of alkyl halides is 1. The van der Waals surface area contributed by atoms with Gasteiger partial charge in [-0.3, -0.25) is 4.98 Å². The minimum absolute atomic E-state index is 0.493. The molecule has 0 amide bonds. The quantitative estimate of drug-likeness (QED) is 0.780. The fraction of sp³-hybridized carbons (Fsp3) is 0.308. The van der Waals surface area contributed by atoms with Crippen LogP contribution >= 0.6 is 11.6 Å². The zero-order chi connectivity index (χ0) is 12.3. The predicted molar refractivity (Wildman–Crippen MR) is 69.3 cm³/mol. The van der Waals surface area contributed by atoms with Gasteiger partial charge >= 0.3 is 0 Å². The van der Waals surface area contributed by atoms with E-state index < -0.39 is 0 Å². The summed E-state index contributed by atoms with van der Waals surface area (Å²) in [6.07, 6.45) is 5.31. The first-order valence-corrected chi connectivity index (χ1v) is 5.98. The highest BCUT2D eigenvalue weighted by Crippen LogP contribution is 2.22. The van der Waals surface area contributed by atoms with E-state index in [0.29, 0.717) is 5.88 Å². The highest BCUT2D eigenvalue weighted by molar-refractivity contribution is 6.17. The number of hydrogen-bond donors (Lipinski definition) is 0. The Morgan fingerprint density at radius 3 is 2.82 bits per heavy atom. The molecule has 0 aliphatic rings. The van der Waals surface area contributed by atoms with Gasteiger partial charge < -0.3 is 9.32 Å². The van der Waals surface area contributed by atoms with Gasteiger partial charge in [0.2, 0.25) is 0 Å². The highest BCUT2D eigenvalue weighted by Gasteiger charge is 2.09. The molecular formula is C13H15ClN2O. The van der Waals surface area contributed by atoms with Crippen LogP contribution in [0.25, 0.3) is 0 Å². The molecule has 0 bridgehead atoms. The molecule has 4 heteroatoms. The van der Waals surface area contributed by atoms with Crippen molar-refractivity contribution in [3.05, 3.63) is 47.7 Å². The molecule has 0 aliphatic carbocycles. The Kier molecular flexibility index (Phi) is 3.69. The van der Waals surface area contributed by atoms with Crippen LogP contribution in [0.1, 0.15) is 16.9 Å². The average molecular weight is 251 g/mol. The zero-order valence-electron chi connectivity index (χ0n) is 9.98. The van der Waals surface area contributed by atoms with Crippen molar-refractivity contribution in [2.75, 3.05) is 11.9 Å². The minimum Gasteiger partial charge on any atom is -0.469 e. The molecule has 0 radical (unpaired) electrons. The maximum atomic E-state index is 5.92. The molecule has 0 aromatic carbocycles. The summed E-state index contributed by atoms with van der Waals surface area (Å²) in [5.41, 5.74) is 3.32. The van der Waals surface area contributed by atoms with Crippen LogP contribution in [0, 0.1) is 6.92 Å². The smallest absolute Gasteiger partial charge is 0.105 e. The van der Waals surface area contributed by atoms with E-state index in [1.54, 1.807) is 12.5 Å². The largest absolute Gasteiger partial charge is 0.469 e. The van der Waals surface area contributed by atoms with Crippen molar-refractivity contribution in [3.8, 4) is 0 Å². The molecule has 17 heavy (non-hydrogen) atoms. The Hall–Kier alpha value is -1.48. The number of aromatic nitrogens is 1. The van der Waals surface area contributed by atoms with Gasteiger partial charge in [-0.2, -0.15) is 0 Å². The van der Waals surface area contributed by atoms with Crippen LogP contribution in [0.2, 0.25) is 0 Å². The monoisotopic (exact) mass is 250 g/mol. The standard InChI is InChI=1S/C13H15ClN2O/c1-10-12(4-6-17-10)9-16(2)13-8-15-5-3-11(13)7-14/h3-6,8H,7,9H2,1-2H3. The number of halogens is 1. The van der Waals surface area contributed by atoms with E-state index in [2.05, 4.69) is 9.88 Å².